The minimum atomic E-state index is -2.59. The van der Waals surface area contributed by atoms with Crippen molar-refractivity contribution in [2.75, 3.05) is 77.4 Å². The number of amides is 3. The van der Waals surface area contributed by atoms with Gasteiger partial charge in [0.1, 0.15) is 34.7 Å². The van der Waals surface area contributed by atoms with Crippen molar-refractivity contribution in [3.05, 3.63) is 298 Å². The van der Waals surface area contributed by atoms with Crippen LogP contribution in [0.1, 0.15) is 276 Å². The first-order chi connectivity index (χ1) is 68.0. The molecule has 3 saturated heterocycles. The monoisotopic (exact) mass is 1960 g/mol. The topological polar surface area (TPSA) is 187 Å². The average Bonchev–Trinajstić information content (AvgIpc) is 1.76. The Labute approximate surface area is 857 Å². The van der Waals surface area contributed by atoms with E-state index < -0.39 is 18.8 Å². The van der Waals surface area contributed by atoms with Crippen LogP contribution in [-0.2, 0) is 80.5 Å². The smallest absolute Gasteiger partial charge is 0.280 e. The van der Waals surface area contributed by atoms with Gasteiger partial charge in [0.05, 0.1) is 56.3 Å². The van der Waals surface area contributed by atoms with E-state index in [0.717, 1.165) is 77.3 Å². The third-order valence-electron chi connectivity index (χ3n) is 28.6. The number of benzene rings is 7. The maximum atomic E-state index is 13.3. The third kappa shape index (κ3) is 25.4. The third-order valence-corrected chi connectivity index (χ3v) is 28.6. The Kier molecular flexibility index (Phi) is 31.9. The molecule has 764 valence electrons. The zero-order valence-corrected chi connectivity index (χ0v) is 90.5. The number of nitrogens with zero attached hydrogens (tertiary/aromatic N) is 13. The quantitative estimate of drug-likeness (QED) is 0.108. The minimum absolute atomic E-state index is 0.00448. The van der Waals surface area contributed by atoms with Crippen LogP contribution in [0.15, 0.2) is 225 Å². The Morgan fingerprint density at radius 2 is 0.841 bits per heavy atom. The molecule has 22 heteroatoms. The Hall–Kier alpha value is -13.0. The van der Waals surface area contributed by atoms with Gasteiger partial charge >= 0.3 is 0 Å². The van der Waals surface area contributed by atoms with Crippen molar-refractivity contribution < 1.29 is 31.9 Å². The Balaban J connectivity index is 0.000000134. The highest BCUT2D eigenvalue weighted by molar-refractivity contribution is 5.98. The molecular weight excluding hydrogens is 1810 g/mol. The van der Waals surface area contributed by atoms with E-state index >= 15 is 0 Å². The lowest BCUT2D eigenvalue weighted by Crippen LogP contribution is -2.38. The molecule has 2 atom stereocenters. The van der Waals surface area contributed by atoms with Crippen LogP contribution in [0.3, 0.4) is 0 Å². The molecule has 13 heterocycles. The number of nitrogens with one attached hydrogen (secondary N) is 2. The van der Waals surface area contributed by atoms with Crippen molar-refractivity contribution in [2.24, 2.45) is 12.5 Å². The second kappa shape index (κ2) is 43.0. The average molecular weight is 1960 g/mol. The van der Waals surface area contributed by atoms with Crippen LogP contribution in [0.2, 0.25) is 0 Å². The van der Waals surface area contributed by atoms with Crippen molar-refractivity contribution in [3.63, 3.8) is 0 Å². The molecule has 0 spiro atoms. The molecule has 3 fully saturated rings. The fourth-order valence-corrected chi connectivity index (χ4v) is 20.6. The Morgan fingerprint density at radius 1 is 0.441 bits per heavy atom. The summed E-state index contributed by atoms with van der Waals surface area (Å²) in [5, 5.41) is 21.3. The highest BCUT2D eigenvalue weighted by Crippen LogP contribution is 2.43. The Bertz CT molecular complexity index is 6940. The number of aromatic nitrogens is 8. The molecule has 0 unspecified atom stereocenters. The van der Waals surface area contributed by atoms with E-state index in [4.69, 9.17) is 9.97 Å². The summed E-state index contributed by atoms with van der Waals surface area (Å²) in [5.41, 5.74) is 16.9. The molecule has 145 heavy (non-hydrogen) atoms. The maximum absolute atomic E-state index is 13.3. The molecule has 20 rings (SSSR count). The van der Waals surface area contributed by atoms with Crippen LogP contribution in [0.5, 0.6) is 0 Å². The number of rotatable bonds is 8. The van der Waals surface area contributed by atoms with Gasteiger partial charge in [-0.3, -0.25) is 24.0 Å². The molecule has 0 bridgehead atoms. The van der Waals surface area contributed by atoms with Gasteiger partial charge in [0.25, 0.3) is 12.3 Å². The van der Waals surface area contributed by atoms with Gasteiger partial charge < -0.3 is 35.1 Å². The minimum Gasteiger partial charge on any atom is -0.356 e. The molecule has 6 aliphatic heterocycles. The maximum Gasteiger partial charge on any atom is 0.280 e. The highest BCUT2D eigenvalue weighted by Gasteiger charge is 2.38. The lowest BCUT2D eigenvalue weighted by atomic mass is 9.80. The molecule has 0 aliphatic carbocycles. The van der Waals surface area contributed by atoms with Gasteiger partial charge in [0, 0.05) is 122 Å². The fraction of sp³-hybridized carbons (Fsp3) is 0.431. The Morgan fingerprint density at radius 3 is 1.25 bits per heavy atom. The van der Waals surface area contributed by atoms with Crippen molar-refractivity contribution in [2.45, 2.75) is 280 Å². The predicted octanol–water partition coefficient (Wildman–Crippen LogP) is 27.5. The number of aryl methyl sites for hydroxylation is 1. The van der Waals surface area contributed by atoms with Crippen molar-refractivity contribution in [1.29, 1.82) is 0 Å². The summed E-state index contributed by atoms with van der Waals surface area (Å²) in [6.45, 7) is 62.3. The number of fused-ring (bicyclic) bond motifs is 7. The second-order valence-corrected chi connectivity index (χ2v) is 48.2. The zero-order valence-electron chi connectivity index (χ0n) is 90.5. The van der Waals surface area contributed by atoms with Gasteiger partial charge in [-0.05, 0) is 207 Å². The summed E-state index contributed by atoms with van der Waals surface area (Å²) >= 11 is 0. The van der Waals surface area contributed by atoms with Crippen LogP contribution >= 0.6 is 0 Å². The predicted molar refractivity (Wildman–Crippen MR) is 592 cm³/mol. The number of carbonyl (C=O) groups is 3. The van der Waals surface area contributed by atoms with Crippen molar-refractivity contribution in [3.8, 4) is 11.3 Å². The number of anilines is 5. The molecule has 0 saturated carbocycles. The second-order valence-electron chi connectivity index (χ2n) is 48.2. The summed E-state index contributed by atoms with van der Waals surface area (Å²) in [6, 6.07) is 58.4. The molecule has 7 aromatic carbocycles. The van der Waals surface area contributed by atoms with Crippen LogP contribution in [0.25, 0.3) is 65.1 Å². The molecule has 7 aromatic heterocycles. The first kappa shape index (κ1) is 108. The van der Waals surface area contributed by atoms with Gasteiger partial charge in [-0.2, -0.15) is 5.10 Å². The van der Waals surface area contributed by atoms with E-state index in [9.17, 15) is 31.9 Å². The number of alkyl halides is 4. The number of carbonyl (C=O) groups excluding carboxylic acids is 3. The highest BCUT2D eigenvalue weighted by atomic mass is 19.3. The van der Waals surface area contributed by atoms with E-state index in [2.05, 4.69) is 369 Å². The molecule has 6 aliphatic rings. The number of hydrogen-bond acceptors (Lipinski definition) is 14. The first-order valence-electron chi connectivity index (χ1n) is 51.3. The molecule has 0 radical (unpaired) electrons. The molecule has 18 nitrogen and oxygen atoms in total. The van der Waals surface area contributed by atoms with E-state index in [1.807, 2.05) is 48.8 Å². The fourth-order valence-electron chi connectivity index (χ4n) is 20.6. The zero-order chi connectivity index (χ0) is 105. The lowest BCUT2D eigenvalue weighted by molar-refractivity contribution is -0.121. The van der Waals surface area contributed by atoms with Gasteiger partial charge in [0.15, 0.2) is 12.3 Å². The summed E-state index contributed by atoms with van der Waals surface area (Å²) in [4.78, 5) is 73.5. The normalized spacial score (nSPS) is 16.7. The summed E-state index contributed by atoms with van der Waals surface area (Å²) in [6.07, 6.45) is 16.4. The van der Waals surface area contributed by atoms with Crippen molar-refractivity contribution in [1.82, 2.24) is 50.3 Å². The summed E-state index contributed by atoms with van der Waals surface area (Å²) < 4.78 is 54.4. The first-order valence-corrected chi connectivity index (χ1v) is 51.3. The molecule has 3 amide bonds. The lowest BCUT2D eigenvalue weighted by Gasteiger charge is -2.33. The summed E-state index contributed by atoms with van der Waals surface area (Å²) in [7, 11) is 3.08. The van der Waals surface area contributed by atoms with Crippen LogP contribution in [-0.4, -0.2) is 128 Å². The van der Waals surface area contributed by atoms with Crippen LogP contribution in [0, 0.1) is 5.41 Å². The molecule has 2 N–H and O–H groups in total. The molecular formula is C123H151F4N15O3. The summed E-state index contributed by atoms with van der Waals surface area (Å²) in [5.74, 6) is 3.92. The van der Waals surface area contributed by atoms with Crippen LogP contribution < -0.4 is 35.1 Å². The SMILES string of the molecule is CC(C)(C)c1cccc2c1CC(=O)NC2.CC(C)(C)c1cccc2cc(N3CC=CC3)ncc12.CC(C)(C)c1cccc2cc(N3CCCC3(C)C)ncc12.CC(C)(C)c1cccc2cc(N3C[C@@H](F)[C@@H](F)C3)ncc12.CC1(C)CCN(c2cc3cccc(C(C)(C)C)c3cn2)C1.CNC(=O)c1ccc(N2Cc3cccc(C(C)(C)C)c3CC2=O)cn1.Cn1ncc(-c2cc3cccc(C(C)(C)C)c3cn2)c1C(F)F. The van der Waals surface area contributed by atoms with Crippen LogP contribution in [0.4, 0.5) is 46.5 Å². The van der Waals surface area contributed by atoms with E-state index in [1.54, 1.807) is 41.4 Å². The van der Waals surface area contributed by atoms with Gasteiger partial charge in [0.2, 0.25) is 11.8 Å². The number of halogens is 4. The van der Waals surface area contributed by atoms with E-state index in [0.29, 0.717) is 59.8 Å². The van der Waals surface area contributed by atoms with E-state index in [-0.39, 0.29) is 79.9 Å². The van der Waals surface area contributed by atoms with Gasteiger partial charge in [-0.15, -0.1) is 0 Å². The van der Waals surface area contributed by atoms with Gasteiger partial charge in [-0.1, -0.05) is 299 Å². The van der Waals surface area contributed by atoms with Crippen molar-refractivity contribution >= 4 is 101 Å². The largest absolute Gasteiger partial charge is 0.356 e. The van der Waals surface area contributed by atoms with Gasteiger partial charge in [-0.25, -0.2) is 42.5 Å². The molecule has 14 aromatic rings. The number of pyridine rings is 6. The number of hydrogen-bond donors (Lipinski definition) is 2. The standard InChI is InChI=1S/C20H23N3O2.2C19H26N2.C18H19F2N3.C17H20F2N2.C17H20N2.C13H17NO/c1-20(2,3)16-7-5-6-13-12-23(18(24)10-15(13)16)14-8-9-17(22-11-14)19(25)21-4;1-18(2,3)16-9-6-8-14-12-17(20-13-15(14)16)21-11-7-10-19(21,4)5;1-18(2,3)16-8-6-7-14-11-17(20-12-15(14)16)21-10-9-19(4,5)13-21;1-18(2,3)14-7-5-6-11-8-15(21-9-12(11)14)13-10-22-23(4)16(13)17(19)20;1-17(2,3)13-6-4-5-11-7-16(20-8-12(11)13)21-9-14(18)15(19)10-21;1-17(2,3)15-8-6-7-13-11-16(18-12-14(13)15)19-9-4-5-10-19;1-13(2,3)11-6-4-5-9-8-14-12(15)7-10(9)11/h5-9,11H,10,12H2,1-4H3,(H,21,25);6,8-9,12-13H,7,10-11H2,1-5H3;6-8,11-12H,9-10,13H2,1-5H3;5-10,17H,1-4H3;4-8,14-15H,9-10H2,1-3H3;4-8,11-12H,9-10H2,1-3H3;4-6H,7-8H2,1-3H3,(H,14,15)/t;;;;14-,15+;;. The van der Waals surface area contributed by atoms with E-state index in [1.165, 1.54) is 125 Å².